The maximum Gasteiger partial charge on any atom is 0.0942 e. The zero-order valence-electron chi connectivity index (χ0n) is 9.10. The average Bonchev–Trinajstić information content (AvgIpc) is 2.35. The number of anilines is 1. The zero-order chi connectivity index (χ0) is 12.3. The largest absolute Gasteiger partial charge is 0.394 e. The second-order valence-corrected chi connectivity index (χ2v) is 4.17. The molecule has 0 unspecified atom stereocenters. The molecule has 1 aromatic heterocycles. The Hall–Kier alpha value is -1.36. The molecule has 0 saturated carbocycles. The number of pyridine rings is 1. The van der Waals surface area contributed by atoms with Gasteiger partial charge in [0, 0.05) is 28.8 Å². The van der Waals surface area contributed by atoms with Crippen LogP contribution in [0, 0.1) is 0 Å². The summed E-state index contributed by atoms with van der Waals surface area (Å²) in [5.41, 5.74) is 1.67. The fourth-order valence-corrected chi connectivity index (χ4v) is 1.74. The van der Waals surface area contributed by atoms with Crippen LogP contribution in [0.25, 0.3) is 10.9 Å². The van der Waals surface area contributed by atoms with E-state index in [2.05, 4.69) is 10.3 Å². The molecule has 17 heavy (non-hydrogen) atoms. The topological polar surface area (TPSA) is 65.4 Å². The Balaban J connectivity index is 2.30. The molecule has 1 aromatic carbocycles. The van der Waals surface area contributed by atoms with Gasteiger partial charge in [0.05, 0.1) is 18.2 Å². The molecule has 0 radical (unpaired) electrons. The molecule has 2 rings (SSSR count). The van der Waals surface area contributed by atoms with E-state index in [-0.39, 0.29) is 13.2 Å². The summed E-state index contributed by atoms with van der Waals surface area (Å²) in [5, 5.41) is 22.6. The second-order valence-electron chi connectivity index (χ2n) is 3.74. The van der Waals surface area contributed by atoms with Gasteiger partial charge in [-0.05, 0) is 24.3 Å². The number of aliphatic hydroxyl groups is 2. The average molecular weight is 253 g/mol. The van der Waals surface area contributed by atoms with Crippen molar-refractivity contribution in [1.82, 2.24) is 4.98 Å². The summed E-state index contributed by atoms with van der Waals surface area (Å²) < 4.78 is 0. The third kappa shape index (κ3) is 2.85. The molecule has 1 heterocycles. The van der Waals surface area contributed by atoms with E-state index in [0.29, 0.717) is 5.02 Å². The van der Waals surface area contributed by atoms with Crippen LogP contribution >= 0.6 is 11.6 Å². The van der Waals surface area contributed by atoms with Gasteiger partial charge in [0.2, 0.25) is 0 Å². The van der Waals surface area contributed by atoms with Gasteiger partial charge in [-0.25, -0.2) is 0 Å². The van der Waals surface area contributed by atoms with Gasteiger partial charge >= 0.3 is 0 Å². The predicted molar refractivity (Wildman–Crippen MR) is 68.3 cm³/mol. The number of fused-ring (bicyclic) bond motifs is 1. The van der Waals surface area contributed by atoms with Crippen LogP contribution in [0.1, 0.15) is 0 Å². The Kier molecular flexibility index (Phi) is 3.78. The lowest BCUT2D eigenvalue weighted by atomic mass is 10.2. The van der Waals surface area contributed by atoms with Crippen molar-refractivity contribution in [2.45, 2.75) is 6.10 Å². The maximum atomic E-state index is 9.29. The molecular formula is C12H13ClN2O2. The Morgan fingerprint density at radius 2 is 2.18 bits per heavy atom. The van der Waals surface area contributed by atoms with Gasteiger partial charge < -0.3 is 15.5 Å². The number of nitrogens with one attached hydrogen (secondary N) is 1. The standard InChI is InChI=1S/C12H13ClN2O2/c13-8-1-2-11-10(5-8)12(3-4-14-11)15-6-9(17)7-16/h1-5,9,16-17H,6-7H2,(H,14,15)/t9-/m1/s1. The van der Waals surface area contributed by atoms with Crippen molar-refractivity contribution in [3.05, 3.63) is 35.5 Å². The molecule has 90 valence electrons. The highest BCUT2D eigenvalue weighted by Gasteiger charge is 2.05. The summed E-state index contributed by atoms with van der Waals surface area (Å²) in [7, 11) is 0. The number of halogens is 1. The molecule has 1 atom stereocenters. The Morgan fingerprint density at radius 3 is 2.94 bits per heavy atom. The lowest BCUT2D eigenvalue weighted by Gasteiger charge is -2.12. The van der Waals surface area contributed by atoms with Gasteiger partial charge in [-0.1, -0.05) is 11.6 Å². The number of hydrogen-bond donors (Lipinski definition) is 3. The maximum absolute atomic E-state index is 9.29. The summed E-state index contributed by atoms with van der Waals surface area (Å²) in [6, 6.07) is 7.24. The van der Waals surface area contributed by atoms with Gasteiger partial charge in [0.15, 0.2) is 0 Å². The monoisotopic (exact) mass is 252 g/mol. The summed E-state index contributed by atoms with van der Waals surface area (Å²) in [6.45, 7) is 0.0128. The van der Waals surface area contributed by atoms with Crippen LogP contribution in [0.15, 0.2) is 30.5 Å². The number of hydrogen-bond acceptors (Lipinski definition) is 4. The minimum Gasteiger partial charge on any atom is -0.394 e. The van der Waals surface area contributed by atoms with Gasteiger partial charge in [-0.3, -0.25) is 4.98 Å². The highest BCUT2D eigenvalue weighted by Crippen LogP contribution is 2.24. The van der Waals surface area contributed by atoms with Crippen LogP contribution in [0.2, 0.25) is 5.02 Å². The van der Waals surface area contributed by atoms with Crippen LogP contribution in [-0.2, 0) is 0 Å². The molecule has 0 aliphatic rings. The molecule has 2 aromatic rings. The molecule has 0 aliphatic heterocycles. The van der Waals surface area contributed by atoms with E-state index in [0.717, 1.165) is 16.6 Å². The molecule has 0 spiro atoms. The molecular weight excluding hydrogens is 240 g/mol. The van der Waals surface area contributed by atoms with E-state index >= 15 is 0 Å². The number of benzene rings is 1. The van der Waals surface area contributed by atoms with Crippen molar-refractivity contribution >= 4 is 28.2 Å². The quantitative estimate of drug-likeness (QED) is 0.774. The van der Waals surface area contributed by atoms with Gasteiger partial charge in [0.1, 0.15) is 0 Å². The molecule has 0 saturated heterocycles. The van der Waals surface area contributed by atoms with Crippen LogP contribution in [-0.4, -0.2) is 34.5 Å². The van der Waals surface area contributed by atoms with Gasteiger partial charge in [0.25, 0.3) is 0 Å². The van der Waals surface area contributed by atoms with Crippen molar-refractivity contribution < 1.29 is 10.2 Å². The first-order valence-electron chi connectivity index (χ1n) is 5.28. The third-order valence-electron chi connectivity index (χ3n) is 2.44. The Labute approximate surface area is 104 Å². The van der Waals surface area contributed by atoms with Crippen molar-refractivity contribution in [1.29, 1.82) is 0 Å². The van der Waals surface area contributed by atoms with Crippen LogP contribution < -0.4 is 5.32 Å². The van der Waals surface area contributed by atoms with E-state index in [1.54, 1.807) is 12.3 Å². The normalized spacial score (nSPS) is 12.6. The van der Waals surface area contributed by atoms with E-state index in [4.69, 9.17) is 16.7 Å². The number of rotatable bonds is 4. The fourth-order valence-electron chi connectivity index (χ4n) is 1.56. The highest BCUT2D eigenvalue weighted by atomic mass is 35.5. The molecule has 4 nitrogen and oxygen atoms in total. The van der Waals surface area contributed by atoms with Crippen molar-refractivity contribution in [2.75, 3.05) is 18.5 Å². The van der Waals surface area contributed by atoms with Gasteiger partial charge in [-0.15, -0.1) is 0 Å². The van der Waals surface area contributed by atoms with E-state index < -0.39 is 6.10 Å². The van der Waals surface area contributed by atoms with Crippen LogP contribution in [0.4, 0.5) is 5.69 Å². The van der Waals surface area contributed by atoms with Crippen LogP contribution in [0.3, 0.4) is 0 Å². The van der Waals surface area contributed by atoms with Crippen molar-refractivity contribution in [2.24, 2.45) is 0 Å². The van der Waals surface area contributed by atoms with Gasteiger partial charge in [-0.2, -0.15) is 0 Å². The molecule has 3 N–H and O–H groups in total. The third-order valence-corrected chi connectivity index (χ3v) is 2.68. The van der Waals surface area contributed by atoms with Crippen molar-refractivity contribution in [3.63, 3.8) is 0 Å². The van der Waals surface area contributed by atoms with E-state index in [1.807, 2.05) is 18.2 Å². The second kappa shape index (κ2) is 5.31. The molecule has 0 fully saturated rings. The summed E-state index contributed by atoms with van der Waals surface area (Å²) in [6.07, 6.45) is 0.904. The van der Waals surface area contributed by atoms with E-state index in [9.17, 15) is 5.11 Å². The summed E-state index contributed by atoms with van der Waals surface area (Å²) >= 11 is 5.94. The molecule has 0 bridgehead atoms. The fraction of sp³-hybridized carbons (Fsp3) is 0.250. The highest BCUT2D eigenvalue weighted by molar-refractivity contribution is 6.31. The minimum absolute atomic E-state index is 0.267. The summed E-state index contributed by atoms with van der Waals surface area (Å²) in [5.74, 6) is 0. The number of aliphatic hydroxyl groups excluding tert-OH is 2. The predicted octanol–water partition coefficient (Wildman–Crippen LogP) is 1.65. The first kappa shape index (κ1) is 12.1. The zero-order valence-corrected chi connectivity index (χ0v) is 9.85. The number of aromatic nitrogens is 1. The molecule has 0 amide bonds. The molecule has 0 aliphatic carbocycles. The number of nitrogens with zero attached hydrogens (tertiary/aromatic N) is 1. The lowest BCUT2D eigenvalue weighted by molar-refractivity contribution is 0.105. The summed E-state index contributed by atoms with van der Waals surface area (Å²) in [4.78, 5) is 4.22. The van der Waals surface area contributed by atoms with Crippen molar-refractivity contribution in [3.8, 4) is 0 Å². The Morgan fingerprint density at radius 1 is 1.35 bits per heavy atom. The van der Waals surface area contributed by atoms with E-state index in [1.165, 1.54) is 0 Å². The minimum atomic E-state index is -0.780. The SMILES string of the molecule is OC[C@H](O)CNc1ccnc2ccc(Cl)cc12. The first-order valence-corrected chi connectivity index (χ1v) is 5.65. The first-order chi connectivity index (χ1) is 8.20. The Bertz CT molecular complexity index is 519. The van der Waals surface area contributed by atoms with Crippen LogP contribution in [0.5, 0.6) is 0 Å². The molecule has 5 heteroatoms. The lowest BCUT2D eigenvalue weighted by Crippen LogP contribution is -2.23. The smallest absolute Gasteiger partial charge is 0.0942 e.